The molecule has 0 saturated heterocycles. The number of nitrogens with two attached hydrogens (primary N) is 1. The Bertz CT molecular complexity index is 701. The zero-order valence-corrected chi connectivity index (χ0v) is 10.9. The molecule has 0 atom stereocenters. The van der Waals surface area contributed by atoms with Crippen LogP contribution in [-0.2, 0) is 10.4 Å². The van der Waals surface area contributed by atoms with E-state index < -0.39 is 10.4 Å². The van der Waals surface area contributed by atoms with Crippen molar-refractivity contribution in [3.63, 3.8) is 0 Å². The lowest BCUT2D eigenvalue weighted by atomic mass is 10.0. The maximum absolute atomic E-state index is 11.3. The van der Waals surface area contributed by atoms with E-state index in [0.717, 1.165) is 16.3 Å². The van der Waals surface area contributed by atoms with Gasteiger partial charge in [-0.05, 0) is 29.8 Å². The van der Waals surface area contributed by atoms with E-state index in [1.807, 2.05) is 36.4 Å². The van der Waals surface area contributed by atoms with Gasteiger partial charge in [-0.15, -0.1) is 0 Å². The molecular formula is C12H13NO5S. The van der Waals surface area contributed by atoms with E-state index in [4.69, 9.17) is 23.3 Å². The van der Waals surface area contributed by atoms with E-state index in [1.165, 1.54) is 0 Å². The van der Waals surface area contributed by atoms with Gasteiger partial charge < -0.3 is 5.73 Å². The number of benzene rings is 2. The molecule has 19 heavy (non-hydrogen) atoms. The Morgan fingerprint density at radius 1 is 1.16 bits per heavy atom. The fourth-order valence-corrected chi connectivity index (χ4v) is 1.60. The smallest absolute Gasteiger partial charge is 0.394 e. The maximum atomic E-state index is 11.3. The van der Waals surface area contributed by atoms with Crippen molar-refractivity contribution < 1.29 is 22.3 Å². The van der Waals surface area contributed by atoms with Gasteiger partial charge >= 0.3 is 10.4 Å². The Balaban J connectivity index is 0.000000312. The Morgan fingerprint density at radius 2 is 1.74 bits per heavy atom. The van der Waals surface area contributed by atoms with Crippen molar-refractivity contribution in [3.05, 3.63) is 42.0 Å². The number of anilines is 1. The summed E-state index contributed by atoms with van der Waals surface area (Å²) in [5.74, 6) is 0.0706. The molecule has 0 spiro atoms. The van der Waals surface area contributed by atoms with Crippen LogP contribution in [0.1, 0.15) is 17.3 Å². The van der Waals surface area contributed by atoms with Crippen molar-refractivity contribution in [2.75, 3.05) is 5.73 Å². The van der Waals surface area contributed by atoms with Gasteiger partial charge in [-0.3, -0.25) is 13.9 Å². The van der Waals surface area contributed by atoms with Gasteiger partial charge in [-0.2, -0.15) is 8.42 Å². The lowest BCUT2D eigenvalue weighted by molar-refractivity contribution is 0.101. The molecule has 102 valence electrons. The molecule has 2 aromatic rings. The van der Waals surface area contributed by atoms with Crippen LogP contribution in [0.2, 0.25) is 0 Å². The van der Waals surface area contributed by atoms with Gasteiger partial charge in [-0.25, -0.2) is 0 Å². The summed E-state index contributed by atoms with van der Waals surface area (Å²) >= 11 is 0. The molecule has 2 rings (SSSR count). The number of rotatable bonds is 1. The lowest BCUT2D eigenvalue weighted by Crippen LogP contribution is -1.94. The van der Waals surface area contributed by atoms with Gasteiger partial charge in [-0.1, -0.05) is 24.3 Å². The van der Waals surface area contributed by atoms with Crippen molar-refractivity contribution in [2.45, 2.75) is 6.92 Å². The first-order valence-electron chi connectivity index (χ1n) is 5.17. The topological polar surface area (TPSA) is 118 Å². The zero-order valence-electron chi connectivity index (χ0n) is 10.1. The minimum atomic E-state index is -4.67. The summed E-state index contributed by atoms with van der Waals surface area (Å²) < 4.78 is 31.6. The molecule has 0 aliphatic heterocycles. The number of fused-ring (bicyclic) bond motifs is 1. The SMILES string of the molecule is CC(=O)c1cccc2ccc(N)cc12.O=S(=O)(O)O. The first-order valence-corrected chi connectivity index (χ1v) is 6.57. The molecule has 2 aromatic carbocycles. The van der Waals surface area contributed by atoms with Crippen LogP contribution in [0.15, 0.2) is 36.4 Å². The number of nitrogen functional groups attached to an aromatic ring is 1. The average molecular weight is 283 g/mol. The Morgan fingerprint density at radius 3 is 2.26 bits per heavy atom. The van der Waals surface area contributed by atoms with E-state index in [-0.39, 0.29) is 5.78 Å². The van der Waals surface area contributed by atoms with Crippen molar-refractivity contribution in [3.8, 4) is 0 Å². The third kappa shape index (κ3) is 5.04. The van der Waals surface area contributed by atoms with Gasteiger partial charge in [0.1, 0.15) is 0 Å². The van der Waals surface area contributed by atoms with Crippen LogP contribution < -0.4 is 5.73 Å². The fraction of sp³-hybridized carbons (Fsp3) is 0.0833. The molecular weight excluding hydrogens is 270 g/mol. The van der Waals surface area contributed by atoms with Gasteiger partial charge in [0.25, 0.3) is 0 Å². The average Bonchev–Trinajstić information content (AvgIpc) is 2.25. The molecule has 0 aliphatic rings. The fourth-order valence-electron chi connectivity index (χ4n) is 1.60. The van der Waals surface area contributed by atoms with Crippen molar-refractivity contribution in [2.24, 2.45) is 0 Å². The summed E-state index contributed by atoms with van der Waals surface area (Å²) in [6.07, 6.45) is 0. The predicted molar refractivity (Wildman–Crippen MR) is 72.5 cm³/mol. The van der Waals surface area contributed by atoms with Crippen LogP contribution in [0.5, 0.6) is 0 Å². The Hall–Kier alpha value is -1.96. The number of Topliss-reactive ketones (excluding diaryl/α,β-unsaturated/α-hetero) is 1. The van der Waals surface area contributed by atoms with E-state index in [9.17, 15) is 4.79 Å². The van der Waals surface area contributed by atoms with Crippen molar-refractivity contribution in [1.82, 2.24) is 0 Å². The van der Waals surface area contributed by atoms with Gasteiger partial charge in [0.05, 0.1) is 0 Å². The van der Waals surface area contributed by atoms with E-state index in [0.29, 0.717) is 5.69 Å². The van der Waals surface area contributed by atoms with E-state index >= 15 is 0 Å². The first kappa shape index (κ1) is 15.1. The lowest BCUT2D eigenvalue weighted by Gasteiger charge is -2.03. The first-order chi connectivity index (χ1) is 8.68. The van der Waals surface area contributed by atoms with Crippen molar-refractivity contribution in [1.29, 1.82) is 0 Å². The summed E-state index contributed by atoms with van der Waals surface area (Å²) in [6.45, 7) is 1.57. The molecule has 0 fully saturated rings. The van der Waals surface area contributed by atoms with Crippen LogP contribution in [0.4, 0.5) is 5.69 Å². The minimum Gasteiger partial charge on any atom is -0.399 e. The van der Waals surface area contributed by atoms with Gasteiger partial charge in [0.2, 0.25) is 0 Å². The molecule has 0 bridgehead atoms. The second kappa shape index (κ2) is 5.79. The largest absolute Gasteiger partial charge is 0.399 e. The summed E-state index contributed by atoms with van der Waals surface area (Å²) in [7, 11) is -4.67. The Labute approximate surface area is 110 Å². The van der Waals surface area contributed by atoms with E-state index in [1.54, 1.807) is 6.92 Å². The highest BCUT2D eigenvalue weighted by Gasteiger charge is 2.04. The summed E-state index contributed by atoms with van der Waals surface area (Å²) in [6, 6.07) is 11.3. The standard InChI is InChI=1S/C12H11NO.H2O4S/c1-8(14)11-4-2-3-9-5-6-10(13)7-12(9)11;1-5(2,3)4/h2-7H,13H2,1H3;(H2,1,2,3,4). The number of hydrogen-bond acceptors (Lipinski definition) is 4. The quantitative estimate of drug-likeness (QED) is 0.418. The highest BCUT2D eigenvalue weighted by atomic mass is 32.3. The van der Waals surface area contributed by atoms with Crippen LogP contribution in [0.25, 0.3) is 10.8 Å². The minimum absolute atomic E-state index is 0.0706. The third-order valence-corrected chi connectivity index (χ3v) is 2.29. The van der Waals surface area contributed by atoms with Gasteiger partial charge in [0, 0.05) is 11.3 Å². The van der Waals surface area contributed by atoms with Crippen LogP contribution >= 0.6 is 0 Å². The highest BCUT2D eigenvalue weighted by molar-refractivity contribution is 7.79. The normalized spacial score (nSPS) is 10.7. The molecule has 0 saturated carbocycles. The monoisotopic (exact) mass is 283 g/mol. The predicted octanol–water partition coefficient (Wildman–Crippen LogP) is 1.97. The highest BCUT2D eigenvalue weighted by Crippen LogP contribution is 2.21. The molecule has 7 heteroatoms. The zero-order chi connectivity index (χ0) is 14.6. The van der Waals surface area contributed by atoms with Crippen LogP contribution in [0, 0.1) is 0 Å². The number of carbonyl (C=O) groups excluding carboxylic acids is 1. The van der Waals surface area contributed by atoms with Crippen LogP contribution in [0.3, 0.4) is 0 Å². The van der Waals surface area contributed by atoms with E-state index in [2.05, 4.69) is 0 Å². The molecule has 0 radical (unpaired) electrons. The molecule has 4 N–H and O–H groups in total. The molecule has 0 aliphatic carbocycles. The number of ketones is 1. The third-order valence-electron chi connectivity index (χ3n) is 2.29. The molecule has 6 nitrogen and oxygen atoms in total. The summed E-state index contributed by atoms with van der Waals surface area (Å²) in [5.41, 5.74) is 7.10. The second-order valence-electron chi connectivity index (χ2n) is 3.79. The summed E-state index contributed by atoms with van der Waals surface area (Å²) in [5, 5.41) is 1.98. The molecule has 0 unspecified atom stereocenters. The maximum Gasteiger partial charge on any atom is 0.394 e. The molecule has 0 heterocycles. The number of carbonyl (C=O) groups is 1. The Kier molecular flexibility index (Phi) is 4.60. The molecule has 0 amide bonds. The summed E-state index contributed by atoms with van der Waals surface area (Å²) in [4.78, 5) is 11.3. The molecule has 0 aromatic heterocycles. The van der Waals surface area contributed by atoms with Crippen molar-refractivity contribution >= 4 is 32.6 Å². The second-order valence-corrected chi connectivity index (χ2v) is 4.69. The van der Waals surface area contributed by atoms with Gasteiger partial charge in [0.15, 0.2) is 5.78 Å². The number of hydrogen-bond donors (Lipinski definition) is 3. The van der Waals surface area contributed by atoms with Crippen LogP contribution in [-0.4, -0.2) is 23.3 Å².